The van der Waals surface area contributed by atoms with Gasteiger partial charge in [0.05, 0.1) is 18.2 Å². The fourth-order valence-corrected chi connectivity index (χ4v) is 2.41. The van der Waals surface area contributed by atoms with Crippen LogP contribution in [0.1, 0.15) is 15.9 Å². The van der Waals surface area contributed by atoms with Crippen LogP contribution in [0.5, 0.6) is 0 Å². The number of hydrogen-bond acceptors (Lipinski definition) is 6. The highest BCUT2D eigenvalue weighted by atomic mass is 16.1. The van der Waals surface area contributed by atoms with E-state index < -0.39 is 0 Å². The lowest BCUT2D eigenvalue weighted by atomic mass is 10.1. The fraction of sp³-hybridized carbons (Fsp3) is 0.167. The van der Waals surface area contributed by atoms with Crippen molar-refractivity contribution in [1.29, 1.82) is 5.26 Å². The van der Waals surface area contributed by atoms with Gasteiger partial charge >= 0.3 is 0 Å². The van der Waals surface area contributed by atoms with E-state index in [4.69, 9.17) is 5.26 Å². The summed E-state index contributed by atoms with van der Waals surface area (Å²) in [5.41, 5.74) is 2.20. The molecule has 0 aliphatic carbocycles. The van der Waals surface area contributed by atoms with Crippen molar-refractivity contribution in [3.63, 3.8) is 0 Å². The standard InChI is InChI=1S/C18H17N7O/c19-10-9-14-5-4-6-15(13-14)17(26)20-11-12-21-18-22-23-24-25(18)16-7-2-1-3-8-16/h1-8,13H,9,11-12H2,(H,20,26)(H,21,22,24). The molecule has 3 rings (SSSR count). The highest BCUT2D eigenvalue weighted by molar-refractivity contribution is 5.94. The summed E-state index contributed by atoms with van der Waals surface area (Å²) in [5.74, 6) is 0.315. The molecule has 0 saturated carbocycles. The van der Waals surface area contributed by atoms with Crippen molar-refractivity contribution in [1.82, 2.24) is 25.5 Å². The van der Waals surface area contributed by atoms with Gasteiger partial charge in [-0.3, -0.25) is 4.79 Å². The monoisotopic (exact) mass is 347 g/mol. The Bertz CT molecular complexity index is 915. The van der Waals surface area contributed by atoms with Gasteiger partial charge in [0.1, 0.15) is 0 Å². The highest BCUT2D eigenvalue weighted by Gasteiger charge is 2.08. The normalized spacial score (nSPS) is 10.1. The van der Waals surface area contributed by atoms with E-state index in [9.17, 15) is 4.79 Å². The molecule has 0 bridgehead atoms. The van der Waals surface area contributed by atoms with E-state index in [1.807, 2.05) is 36.4 Å². The van der Waals surface area contributed by atoms with Gasteiger partial charge in [0, 0.05) is 18.7 Å². The van der Waals surface area contributed by atoms with Crippen LogP contribution in [0.4, 0.5) is 5.95 Å². The van der Waals surface area contributed by atoms with E-state index in [2.05, 4.69) is 32.2 Å². The number of nitrogens with zero attached hydrogens (tertiary/aromatic N) is 5. The Balaban J connectivity index is 1.52. The maximum Gasteiger partial charge on any atom is 0.251 e. The topological polar surface area (TPSA) is 109 Å². The lowest BCUT2D eigenvalue weighted by Gasteiger charge is -2.08. The summed E-state index contributed by atoms with van der Waals surface area (Å²) in [5, 5.41) is 26.2. The summed E-state index contributed by atoms with van der Waals surface area (Å²) in [6.07, 6.45) is 0.283. The number of nitrogens with one attached hydrogen (secondary N) is 2. The molecule has 0 fully saturated rings. The van der Waals surface area contributed by atoms with E-state index >= 15 is 0 Å². The van der Waals surface area contributed by atoms with Crippen LogP contribution < -0.4 is 10.6 Å². The summed E-state index contributed by atoms with van der Waals surface area (Å²) in [6, 6.07) is 18.6. The molecule has 8 nitrogen and oxygen atoms in total. The number of para-hydroxylation sites is 1. The molecule has 26 heavy (non-hydrogen) atoms. The summed E-state index contributed by atoms with van der Waals surface area (Å²) >= 11 is 0. The molecule has 0 aliphatic rings. The van der Waals surface area contributed by atoms with Crippen molar-refractivity contribution in [2.24, 2.45) is 0 Å². The third kappa shape index (κ3) is 4.21. The SMILES string of the molecule is N#CCc1cccc(C(=O)NCCNc2nnnn2-c2ccccc2)c1. The average molecular weight is 347 g/mol. The minimum Gasteiger partial charge on any atom is -0.351 e. The molecule has 2 N–H and O–H groups in total. The predicted octanol–water partition coefficient (Wildman–Crippen LogP) is 1.57. The number of aromatic nitrogens is 4. The molecule has 8 heteroatoms. The van der Waals surface area contributed by atoms with Gasteiger partial charge in [-0.05, 0) is 40.3 Å². The average Bonchev–Trinajstić information content (AvgIpc) is 3.15. The molecule has 1 heterocycles. The van der Waals surface area contributed by atoms with Crippen LogP contribution in [0.2, 0.25) is 0 Å². The number of rotatable bonds is 7. The first-order chi connectivity index (χ1) is 12.8. The zero-order chi connectivity index (χ0) is 18.2. The van der Waals surface area contributed by atoms with E-state index in [1.54, 1.807) is 22.9 Å². The number of benzene rings is 2. The van der Waals surface area contributed by atoms with Crippen molar-refractivity contribution in [3.05, 3.63) is 65.7 Å². The Hall–Kier alpha value is -3.73. The van der Waals surface area contributed by atoms with Gasteiger partial charge < -0.3 is 10.6 Å². The van der Waals surface area contributed by atoms with Gasteiger partial charge in [0.15, 0.2) is 0 Å². The summed E-state index contributed by atoms with van der Waals surface area (Å²) in [4.78, 5) is 12.2. The molecule has 0 unspecified atom stereocenters. The number of anilines is 1. The van der Waals surface area contributed by atoms with Gasteiger partial charge in [-0.1, -0.05) is 35.4 Å². The van der Waals surface area contributed by atoms with Gasteiger partial charge in [0.2, 0.25) is 5.95 Å². The minimum absolute atomic E-state index is 0.186. The Morgan fingerprint density at radius 1 is 1.12 bits per heavy atom. The number of hydrogen-bond donors (Lipinski definition) is 2. The second-order valence-corrected chi connectivity index (χ2v) is 5.47. The van der Waals surface area contributed by atoms with Gasteiger partial charge in [0.25, 0.3) is 5.91 Å². The number of amides is 1. The number of carbonyl (C=O) groups excluding carboxylic acids is 1. The number of tetrazole rings is 1. The molecule has 0 radical (unpaired) electrons. The van der Waals surface area contributed by atoms with Crippen molar-refractivity contribution >= 4 is 11.9 Å². The maximum atomic E-state index is 12.2. The van der Waals surface area contributed by atoms with Crippen molar-refractivity contribution in [2.75, 3.05) is 18.4 Å². The third-order valence-electron chi connectivity index (χ3n) is 3.64. The largest absolute Gasteiger partial charge is 0.351 e. The minimum atomic E-state index is -0.186. The Labute approximate surface area is 150 Å². The smallest absolute Gasteiger partial charge is 0.251 e. The van der Waals surface area contributed by atoms with E-state index in [1.165, 1.54) is 0 Å². The molecule has 1 amide bonds. The highest BCUT2D eigenvalue weighted by Crippen LogP contribution is 2.10. The molecule has 0 saturated heterocycles. The van der Waals surface area contributed by atoms with Crippen LogP contribution in [-0.2, 0) is 6.42 Å². The van der Waals surface area contributed by atoms with Crippen LogP contribution in [0, 0.1) is 11.3 Å². The Morgan fingerprint density at radius 2 is 1.96 bits per heavy atom. The zero-order valence-electron chi connectivity index (χ0n) is 14.0. The second kappa shape index (κ2) is 8.39. The molecule has 3 aromatic rings. The van der Waals surface area contributed by atoms with Gasteiger partial charge in [-0.2, -0.15) is 9.94 Å². The third-order valence-corrected chi connectivity index (χ3v) is 3.64. The summed E-state index contributed by atoms with van der Waals surface area (Å²) < 4.78 is 1.59. The molecule has 130 valence electrons. The van der Waals surface area contributed by atoms with Crippen LogP contribution >= 0.6 is 0 Å². The predicted molar refractivity (Wildman–Crippen MR) is 95.7 cm³/mol. The summed E-state index contributed by atoms with van der Waals surface area (Å²) in [6.45, 7) is 0.875. The Kier molecular flexibility index (Phi) is 5.52. The first-order valence-corrected chi connectivity index (χ1v) is 8.09. The van der Waals surface area contributed by atoms with Crippen LogP contribution in [0.15, 0.2) is 54.6 Å². The molecular weight excluding hydrogens is 330 g/mol. The van der Waals surface area contributed by atoms with E-state index in [-0.39, 0.29) is 12.3 Å². The number of nitriles is 1. The summed E-state index contributed by atoms with van der Waals surface area (Å²) in [7, 11) is 0. The van der Waals surface area contributed by atoms with E-state index in [0.29, 0.717) is 24.6 Å². The van der Waals surface area contributed by atoms with Crippen LogP contribution in [0.3, 0.4) is 0 Å². The van der Waals surface area contributed by atoms with Gasteiger partial charge in [-0.15, -0.1) is 0 Å². The lowest BCUT2D eigenvalue weighted by Crippen LogP contribution is -2.29. The molecule has 1 aromatic heterocycles. The van der Waals surface area contributed by atoms with E-state index in [0.717, 1.165) is 11.3 Å². The van der Waals surface area contributed by atoms with Crippen LogP contribution in [-0.4, -0.2) is 39.2 Å². The number of carbonyl (C=O) groups is 1. The molecule has 0 atom stereocenters. The van der Waals surface area contributed by atoms with Crippen molar-refractivity contribution in [3.8, 4) is 11.8 Å². The lowest BCUT2D eigenvalue weighted by molar-refractivity contribution is 0.0955. The van der Waals surface area contributed by atoms with Crippen molar-refractivity contribution in [2.45, 2.75) is 6.42 Å². The first-order valence-electron chi connectivity index (χ1n) is 8.09. The molecule has 0 spiro atoms. The van der Waals surface area contributed by atoms with Crippen molar-refractivity contribution < 1.29 is 4.79 Å². The second-order valence-electron chi connectivity index (χ2n) is 5.47. The quantitative estimate of drug-likeness (QED) is 0.628. The maximum absolute atomic E-state index is 12.2. The van der Waals surface area contributed by atoms with Crippen LogP contribution in [0.25, 0.3) is 5.69 Å². The van der Waals surface area contributed by atoms with Gasteiger partial charge in [-0.25, -0.2) is 0 Å². The fourth-order valence-electron chi connectivity index (χ4n) is 2.41. The molecule has 0 aliphatic heterocycles. The molecule has 2 aromatic carbocycles. The zero-order valence-corrected chi connectivity index (χ0v) is 14.0. The molecular formula is C18H17N7O. The Morgan fingerprint density at radius 3 is 2.77 bits per heavy atom. The first kappa shape index (κ1) is 17.1.